The number of carbonyl (C=O) groups is 1. The number of hydrogen-bond donors (Lipinski definition) is 1. The molecule has 0 saturated carbocycles. The summed E-state index contributed by atoms with van der Waals surface area (Å²) < 4.78 is 11.3. The van der Waals surface area contributed by atoms with Gasteiger partial charge in [-0.15, -0.1) is 0 Å². The van der Waals surface area contributed by atoms with Crippen molar-refractivity contribution in [3.63, 3.8) is 0 Å². The van der Waals surface area contributed by atoms with E-state index in [9.17, 15) is 4.79 Å². The number of hydrogen-bond acceptors (Lipinski definition) is 6. The van der Waals surface area contributed by atoms with Crippen LogP contribution in [0.1, 0.15) is 31.9 Å². The van der Waals surface area contributed by atoms with Crippen LogP contribution in [0.3, 0.4) is 0 Å². The molecule has 34 heavy (non-hydrogen) atoms. The second-order valence-corrected chi connectivity index (χ2v) is 10.0. The van der Waals surface area contributed by atoms with Crippen molar-refractivity contribution in [2.24, 2.45) is 5.92 Å². The highest BCUT2D eigenvalue weighted by atomic mass is 16.6. The number of benzene rings is 2. The fourth-order valence-corrected chi connectivity index (χ4v) is 4.13. The van der Waals surface area contributed by atoms with Crippen molar-refractivity contribution in [1.82, 2.24) is 15.1 Å². The Morgan fingerprint density at radius 1 is 1.00 bits per heavy atom. The fourth-order valence-electron chi connectivity index (χ4n) is 4.13. The molecule has 186 valence electrons. The van der Waals surface area contributed by atoms with Gasteiger partial charge in [-0.3, -0.25) is 14.6 Å². The van der Waals surface area contributed by atoms with Crippen molar-refractivity contribution < 1.29 is 14.3 Å². The number of rotatable bonds is 12. The molecule has 2 aromatic carbocycles. The van der Waals surface area contributed by atoms with Gasteiger partial charge in [0.25, 0.3) is 0 Å². The number of morpholine rings is 1. The molecule has 1 unspecified atom stereocenters. The van der Waals surface area contributed by atoms with E-state index in [-0.39, 0.29) is 11.9 Å². The Bertz CT molecular complexity index is 791. The molecular weight excluding hydrogens is 426 g/mol. The first-order chi connectivity index (χ1) is 16.4. The van der Waals surface area contributed by atoms with Gasteiger partial charge in [0, 0.05) is 52.4 Å². The number of nitrogens with one attached hydrogen (secondary N) is 1. The third-order valence-electron chi connectivity index (χ3n) is 5.82. The van der Waals surface area contributed by atoms with E-state index in [1.54, 1.807) is 0 Å². The average Bonchev–Trinajstić information content (AvgIpc) is 2.82. The molecule has 1 aliphatic heterocycles. The Labute approximate surface area is 205 Å². The van der Waals surface area contributed by atoms with Crippen molar-refractivity contribution in [3.8, 4) is 0 Å². The van der Waals surface area contributed by atoms with Crippen LogP contribution in [0.5, 0.6) is 0 Å². The maximum atomic E-state index is 13.2. The normalized spacial score (nSPS) is 15.9. The van der Waals surface area contributed by atoms with Crippen LogP contribution in [0.15, 0.2) is 60.7 Å². The zero-order valence-electron chi connectivity index (χ0n) is 21.0. The van der Waals surface area contributed by atoms with E-state index >= 15 is 0 Å². The van der Waals surface area contributed by atoms with E-state index < -0.39 is 5.60 Å². The molecule has 1 saturated heterocycles. The lowest BCUT2D eigenvalue weighted by Crippen LogP contribution is -2.44. The standard InChI is InChI=1S/C28H41N3O3/c1-28(2,3)34-27(32)26(20-29-14-15-30-16-18-33-19-17-30)23-31(21-24-10-6-4-7-11-24)22-25-12-8-5-9-13-25/h4-13,26,29H,14-23H2,1-3H3. The molecule has 0 amide bonds. The van der Waals surface area contributed by atoms with Crippen LogP contribution in [0, 0.1) is 5.92 Å². The van der Waals surface area contributed by atoms with Gasteiger partial charge in [-0.05, 0) is 31.9 Å². The Morgan fingerprint density at radius 3 is 2.09 bits per heavy atom. The molecule has 0 radical (unpaired) electrons. The lowest BCUT2D eigenvalue weighted by molar-refractivity contribution is -0.160. The highest BCUT2D eigenvalue weighted by Gasteiger charge is 2.27. The highest BCUT2D eigenvalue weighted by Crippen LogP contribution is 2.16. The van der Waals surface area contributed by atoms with E-state index in [2.05, 4.69) is 63.6 Å². The summed E-state index contributed by atoms with van der Waals surface area (Å²) in [4.78, 5) is 17.9. The summed E-state index contributed by atoms with van der Waals surface area (Å²) in [6.07, 6.45) is 0. The van der Waals surface area contributed by atoms with E-state index in [4.69, 9.17) is 9.47 Å². The third kappa shape index (κ3) is 9.94. The number of nitrogens with zero attached hydrogens (tertiary/aromatic N) is 2. The summed E-state index contributed by atoms with van der Waals surface area (Å²) in [6.45, 7) is 13.9. The summed E-state index contributed by atoms with van der Waals surface area (Å²) >= 11 is 0. The highest BCUT2D eigenvalue weighted by molar-refractivity contribution is 5.73. The van der Waals surface area contributed by atoms with Gasteiger partial charge in [-0.25, -0.2) is 0 Å². The minimum Gasteiger partial charge on any atom is -0.460 e. The van der Waals surface area contributed by atoms with Gasteiger partial charge in [0.05, 0.1) is 19.1 Å². The predicted octanol–water partition coefficient (Wildman–Crippen LogP) is 3.57. The van der Waals surface area contributed by atoms with Gasteiger partial charge in [0.1, 0.15) is 5.60 Å². The van der Waals surface area contributed by atoms with Gasteiger partial charge in [0.2, 0.25) is 0 Å². The minimum absolute atomic E-state index is 0.141. The molecule has 1 heterocycles. The molecule has 6 nitrogen and oxygen atoms in total. The summed E-state index contributed by atoms with van der Waals surface area (Å²) in [5.74, 6) is -0.395. The Balaban J connectivity index is 1.65. The molecule has 1 aliphatic rings. The molecule has 1 N–H and O–H groups in total. The summed E-state index contributed by atoms with van der Waals surface area (Å²) in [6, 6.07) is 20.9. The summed E-state index contributed by atoms with van der Waals surface area (Å²) in [5, 5.41) is 3.52. The Kier molecular flexibility index (Phi) is 10.5. The van der Waals surface area contributed by atoms with Gasteiger partial charge < -0.3 is 14.8 Å². The largest absolute Gasteiger partial charge is 0.460 e. The maximum absolute atomic E-state index is 13.2. The van der Waals surface area contributed by atoms with Crippen LogP contribution < -0.4 is 5.32 Å². The average molecular weight is 468 g/mol. The summed E-state index contributed by atoms with van der Waals surface area (Å²) in [5.41, 5.74) is 1.97. The van der Waals surface area contributed by atoms with Crippen LogP contribution in [0.2, 0.25) is 0 Å². The van der Waals surface area contributed by atoms with Crippen LogP contribution >= 0.6 is 0 Å². The molecule has 1 fully saturated rings. The van der Waals surface area contributed by atoms with Gasteiger partial charge in [0.15, 0.2) is 0 Å². The fraction of sp³-hybridized carbons (Fsp3) is 0.536. The smallest absolute Gasteiger partial charge is 0.312 e. The number of carbonyl (C=O) groups excluding carboxylic acids is 1. The monoisotopic (exact) mass is 467 g/mol. The molecule has 0 bridgehead atoms. The molecule has 0 aliphatic carbocycles. The van der Waals surface area contributed by atoms with E-state index in [1.165, 1.54) is 11.1 Å². The quantitative estimate of drug-likeness (QED) is 0.381. The SMILES string of the molecule is CC(C)(C)OC(=O)C(CNCCN1CCOCC1)CN(Cc1ccccc1)Cc1ccccc1. The second-order valence-electron chi connectivity index (χ2n) is 10.0. The first-order valence-corrected chi connectivity index (χ1v) is 12.4. The van der Waals surface area contributed by atoms with Crippen LogP contribution in [0.4, 0.5) is 0 Å². The predicted molar refractivity (Wildman–Crippen MR) is 136 cm³/mol. The number of esters is 1. The molecule has 6 heteroatoms. The molecule has 1 atom stereocenters. The van der Waals surface area contributed by atoms with Crippen molar-refractivity contribution in [1.29, 1.82) is 0 Å². The molecule has 2 aromatic rings. The van der Waals surface area contributed by atoms with Gasteiger partial charge in [-0.1, -0.05) is 60.7 Å². The maximum Gasteiger partial charge on any atom is 0.312 e. The van der Waals surface area contributed by atoms with E-state index in [1.807, 2.05) is 32.9 Å². The lowest BCUT2D eigenvalue weighted by Gasteiger charge is -2.30. The lowest BCUT2D eigenvalue weighted by atomic mass is 10.1. The van der Waals surface area contributed by atoms with E-state index in [0.29, 0.717) is 13.1 Å². The summed E-state index contributed by atoms with van der Waals surface area (Å²) in [7, 11) is 0. The van der Waals surface area contributed by atoms with Crippen molar-refractivity contribution in [2.45, 2.75) is 39.5 Å². The van der Waals surface area contributed by atoms with Crippen molar-refractivity contribution in [2.75, 3.05) is 52.5 Å². The van der Waals surface area contributed by atoms with Crippen molar-refractivity contribution in [3.05, 3.63) is 71.8 Å². The first kappa shape index (κ1) is 26.4. The zero-order valence-corrected chi connectivity index (χ0v) is 21.0. The van der Waals surface area contributed by atoms with Crippen LogP contribution in [-0.2, 0) is 27.4 Å². The first-order valence-electron chi connectivity index (χ1n) is 12.4. The molecule has 0 spiro atoms. The second kappa shape index (κ2) is 13.6. The third-order valence-corrected chi connectivity index (χ3v) is 5.82. The molecule has 3 rings (SSSR count). The van der Waals surface area contributed by atoms with Gasteiger partial charge >= 0.3 is 5.97 Å². The minimum atomic E-state index is -0.507. The van der Waals surface area contributed by atoms with Crippen LogP contribution in [-0.4, -0.2) is 73.9 Å². The molecule has 0 aromatic heterocycles. The Morgan fingerprint density at radius 2 is 1.56 bits per heavy atom. The van der Waals surface area contributed by atoms with Crippen LogP contribution in [0.25, 0.3) is 0 Å². The zero-order chi connectivity index (χ0) is 24.2. The Hall–Kier alpha value is -2.25. The van der Waals surface area contributed by atoms with Gasteiger partial charge in [-0.2, -0.15) is 0 Å². The topological polar surface area (TPSA) is 54.0 Å². The van der Waals surface area contributed by atoms with Crippen molar-refractivity contribution >= 4 is 5.97 Å². The van der Waals surface area contributed by atoms with E-state index in [0.717, 1.165) is 52.5 Å². The number of ether oxygens (including phenoxy) is 2. The molecular formula is C28H41N3O3.